The summed E-state index contributed by atoms with van der Waals surface area (Å²) in [7, 11) is 0. The van der Waals surface area contributed by atoms with Gasteiger partial charge in [0.1, 0.15) is 5.82 Å². The van der Waals surface area contributed by atoms with Gasteiger partial charge in [-0.3, -0.25) is 0 Å². The fraction of sp³-hybridized carbons (Fsp3) is 0.368. The van der Waals surface area contributed by atoms with Crippen LogP contribution in [0.4, 0.5) is 5.82 Å². The van der Waals surface area contributed by atoms with E-state index in [0.717, 1.165) is 60.3 Å². The van der Waals surface area contributed by atoms with Crippen molar-refractivity contribution in [3.63, 3.8) is 0 Å². The lowest BCUT2D eigenvalue weighted by Gasteiger charge is -2.29. The Bertz CT molecular complexity index is 894. The van der Waals surface area contributed by atoms with Crippen LogP contribution in [0.1, 0.15) is 16.8 Å². The summed E-state index contributed by atoms with van der Waals surface area (Å²) in [6.07, 6.45) is 0. The van der Waals surface area contributed by atoms with Gasteiger partial charge in [0.15, 0.2) is 5.65 Å². The third-order valence-electron chi connectivity index (χ3n) is 4.56. The number of rotatable bonds is 2. The first-order valence-corrected chi connectivity index (χ1v) is 8.40. The number of benzene rings is 1. The summed E-state index contributed by atoms with van der Waals surface area (Å²) in [4.78, 5) is 7.07. The lowest BCUT2D eigenvalue weighted by atomic mass is 10.1. The maximum absolute atomic E-state index is 5.49. The van der Waals surface area contributed by atoms with Gasteiger partial charge in [0.2, 0.25) is 0 Å². The Balaban J connectivity index is 1.91. The van der Waals surface area contributed by atoms with Crippen molar-refractivity contribution >= 4 is 11.5 Å². The standard InChI is InChI=1S/C19H22N4O/c1-13-5-4-6-16(11-13)18-15(3)19-20-14(2)12-17(23(19)21-18)22-7-9-24-10-8-22/h4-6,11-12H,7-10H2,1-3H3. The van der Waals surface area contributed by atoms with Crippen molar-refractivity contribution in [1.82, 2.24) is 14.6 Å². The van der Waals surface area contributed by atoms with Gasteiger partial charge in [-0.15, -0.1) is 0 Å². The molecule has 0 atom stereocenters. The SMILES string of the molecule is Cc1cccc(-c2nn3c(N4CCOCC4)cc(C)nc3c2C)c1. The fourth-order valence-corrected chi connectivity index (χ4v) is 3.31. The van der Waals surface area contributed by atoms with Gasteiger partial charge >= 0.3 is 0 Å². The third kappa shape index (κ3) is 2.55. The van der Waals surface area contributed by atoms with E-state index in [-0.39, 0.29) is 0 Å². The largest absolute Gasteiger partial charge is 0.378 e. The zero-order valence-corrected chi connectivity index (χ0v) is 14.4. The molecule has 0 aliphatic carbocycles. The number of nitrogens with zero attached hydrogens (tertiary/aromatic N) is 4. The van der Waals surface area contributed by atoms with Crippen LogP contribution in [0.15, 0.2) is 30.3 Å². The molecule has 0 unspecified atom stereocenters. The average Bonchev–Trinajstić information content (AvgIpc) is 2.92. The van der Waals surface area contributed by atoms with Gasteiger partial charge in [-0.25, -0.2) is 4.98 Å². The summed E-state index contributed by atoms with van der Waals surface area (Å²) in [6.45, 7) is 9.55. The monoisotopic (exact) mass is 322 g/mol. The summed E-state index contributed by atoms with van der Waals surface area (Å²) < 4.78 is 7.48. The van der Waals surface area contributed by atoms with Crippen LogP contribution < -0.4 is 4.90 Å². The van der Waals surface area contributed by atoms with Crippen molar-refractivity contribution < 1.29 is 4.74 Å². The van der Waals surface area contributed by atoms with Crippen LogP contribution in [-0.2, 0) is 4.74 Å². The van der Waals surface area contributed by atoms with Crippen LogP contribution in [0.3, 0.4) is 0 Å². The summed E-state index contributed by atoms with van der Waals surface area (Å²) >= 11 is 0. The van der Waals surface area contributed by atoms with Gasteiger partial charge in [-0.1, -0.05) is 23.8 Å². The molecule has 1 aromatic carbocycles. The molecule has 24 heavy (non-hydrogen) atoms. The molecule has 1 aliphatic heterocycles. The Kier molecular flexibility index (Phi) is 3.73. The smallest absolute Gasteiger partial charge is 0.161 e. The van der Waals surface area contributed by atoms with Gasteiger partial charge in [0, 0.05) is 36.0 Å². The zero-order chi connectivity index (χ0) is 16.7. The molecular weight excluding hydrogens is 300 g/mol. The van der Waals surface area contributed by atoms with Gasteiger partial charge < -0.3 is 9.64 Å². The van der Waals surface area contributed by atoms with Crippen LogP contribution >= 0.6 is 0 Å². The van der Waals surface area contributed by atoms with Crippen molar-refractivity contribution in [3.05, 3.63) is 47.2 Å². The Morgan fingerprint density at radius 3 is 2.58 bits per heavy atom. The van der Waals surface area contributed by atoms with Crippen LogP contribution in [0.2, 0.25) is 0 Å². The molecule has 3 aromatic rings. The molecule has 4 rings (SSSR count). The van der Waals surface area contributed by atoms with Gasteiger partial charge in [-0.05, 0) is 26.8 Å². The molecule has 0 saturated carbocycles. The molecule has 0 spiro atoms. The molecule has 0 bridgehead atoms. The first-order valence-electron chi connectivity index (χ1n) is 8.40. The minimum atomic E-state index is 0.758. The molecule has 1 aliphatic rings. The van der Waals surface area contributed by atoms with Crippen LogP contribution in [0, 0.1) is 20.8 Å². The highest BCUT2D eigenvalue weighted by molar-refractivity contribution is 5.72. The number of aromatic nitrogens is 3. The van der Waals surface area contributed by atoms with Gasteiger partial charge in [0.05, 0.1) is 18.9 Å². The molecule has 3 heterocycles. The van der Waals surface area contributed by atoms with Gasteiger partial charge in [-0.2, -0.15) is 9.61 Å². The number of anilines is 1. The second-order valence-corrected chi connectivity index (χ2v) is 6.43. The minimum Gasteiger partial charge on any atom is -0.378 e. The quantitative estimate of drug-likeness (QED) is 0.727. The Morgan fingerprint density at radius 1 is 1.04 bits per heavy atom. The van der Waals surface area contributed by atoms with Crippen LogP contribution in [0.25, 0.3) is 16.9 Å². The Hall–Kier alpha value is -2.40. The first kappa shape index (κ1) is 15.1. The summed E-state index contributed by atoms with van der Waals surface area (Å²) in [5.41, 5.74) is 6.46. The molecule has 0 radical (unpaired) electrons. The Morgan fingerprint density at radius 2 is 1.83 bits per heavy atom. The normalized spacial score (nSPS) is 15.2. The highest BCUT2D eigenvalue weighted by atomic mass is 16.5. The van der Waals surface area contributed by atoms with E-state index in [2.05, 4.69) is 49.1 Å². The molecule has 1 fully saturated rings. The lowest BCUT2D eigenvalue weighted by molar-refractivity contribution is 0.122. The second kappa shape index (κ2) is 5.91. The van der Waals surface area contributed by atoms with Crippen LogP contribution in [0.5, 0.6) is 0 Å². The van der Waals surface area contributed by atoms with Crippen molar-refractivity contribution in [2.45, 2.75) is 20.8 Å². The second-order valence-electron chi connectivity index (χ2n) is 6.43. The Labute approximate surface area is 141 Å². The predicted octanol–water partition coefficient (Wildman–Crippen LogP) is 3.16. The van der Waals surface area contributed by atoms with E-state index in [1.54, 1.807) is 0 Å². The minimum absolute atomic E-state index is 0.758. The van der Waals surface area contributed by atoms with Crippen LogP contribution in [-0.4, -0.2) is 40.9 Å². The molecule has 1 saturated heterocycles. The molecule has 124 valence electrons. The van der Waals surface area contributed by atoms with Crippen molar-refractivity contribution in [3.8, 4) is 11.3 Å². The van der Waals surface area contributed by atoms with Crippen molar-refractivity contribution in [1.29, 1.82) is 0 Å². The number of fused-ring (bicyclic) bond motifs is 1. The molecule has 0 N–H and O–H groups in total. The van der Waals surface area contributed by atoms with E-state index in [9.17, 15) is 0 Å². The molecule has 5 nitrogen and oxygen atoms in total. The topological polar surface area (TPSA) is 42.7 Å². The van der Waals surface area contributed by atoms with E-state index in [0.29, 0.717) is 0 Å². The van der Waals surface area contributed by atoms with E-state index in [4.69, 9.17) is 14.8 Å². The summed E-state index contributed by atoms with van der Waals surface area (Å²) in [6, 6.07) is 10.6. The summed E-state index contributed by atoms with van der Waals surface area (Å²) in [5, 5.41) is 4.91. The highest BCUT2D eigenvalue weighted by Gasteiger charge is 2.19. The van der Waals surface area contributed by atoms with Gasteiger partial charge in [0.25, 0.3) is 0 Å². The number of morpholine rings is 1. The predicted molar refractivity (Wildman–Crippen MR) is 95.7 cm³/mol. The number of aryl methyl sites for hydroxylation is 3. The number of ether oxygens (including phenoxy) is 1. The van der Waals surface area contributed by atoms with E-state index < -0.39 is 0 Å². The molecule has 2 aromatic heterocycles. The van der Waals surface area contributed by atoms with E-state index >= 15 is 0 Å². The van der Waals surface area contributed by atoms with Crippen molar-refractivity contribution in [2.24, 2.45) is 0 Å². The molecule has 5 heteroatoms. The third-order valence-corrected chi connectivity index (χ3v) is 4.56. The number of hydrogen-bond donors (Lipinski definition) is 0. The maximum Gasteiger partial charge on any atom is 0.161 e. The first-order chi connectivity index (χ1) is 11.6. The zero-order valence-electron chi connectivity index (χ0n) is 14.4. The average molecular weight is 322 g/mol. The fourth-order valence-electron chi connectivity index (χ4n) is 3.31. The summed E-state index contributed by atoms with van der Waals surface area (Å²) in [5.74, 6) is 1.10. The molecule has 0 amide bonds. The van der Waals surface area contributed by atoms with Crippen molar-refractivity contribution in [2.75, 3.05) is 31.2 Å². The maximum atomic E-state index is 5.49. The van der Waals surface area contributed by atoms with E-state index in [1.807, 2.05) is 11.4 Å². The highest BCUT2D eigenvalue weighted by Crippen LogP contribution is 2.28. The number of hydrogen-bond acceptors (Lipinski definition) is 4. The van der Waals surface area contributed by atoms with E-state index in [1.165, 1.54) is 5.56 Å². The lowest BCUT2D eigenvalue weighted by Crippen LogP contribution is -2.37. The molecular formula is C19H22N4O.